The van der Waals surface area contributed by atoms with Crippen molar-refractivity contribution in [2.24, 2.45) is 7.05 Å². The Morgan fingerprint density at radius 1 is 1.05 bits per heavy atom. The van der Waals surface area contributed by atoms with Crippen LogP contribution in [0.2, 0.25) is 0 Å². The number of benzene rings is 3. The van der Waals surface area contributed by atoms with E-state index in [0.717, 1.165) is 22.2 Å². The standard InChI is InChI=1S/C31H23FN4O3/c1-18-8-10-25-21(12-18)29(38)23(16-36(25)2)26(37)14-19-9-11-27(24(32)13-19)39-31-28-22(20-6-4-3-5-7-20)15-33-30(28)34-17-35-31/h3-13,15-17H,14H2,1-2H3,(H,33,34,35). The number of carbonyl (C=O) groups excluding carboxylic acids is 1. The van der Waals surface area contributed by atoms with E-state index in [9.17, 15) is 9.59 Å². The first-order valence-electron chi connectivity index (χ1n) is 12.4. The molecule has 6 rings (SSSR count). The maximum atomic E-state index is 15.2. The lowest BCUT2D eigenvalue weighted by Gasteiger charge is -2.11. The molecule has 0 unspecified atom stereocenters. The molecule has 39 heavy (non-hydrogen) atoms. The van der Waals surface area contributed by atoms with Gasteiger partial charge in [0, 0.05) is 36.8 Å². The molecule has 0 fully saturated rings. The third kappa shape index (κ3) is 4.46. The van der Waals surface area contributed by atoms with E-state index in [0.29, 0.717) is 22.0 Å². The largest absolute Gasteiger partial charge is 0.435 e. The van der Waals surface area contributed by atoms with E-state index in [1.54, 1.807) is 23.7 Å². The van der Waals surface area contributed by atoms with Crippen molar-refractivity contribution in [1.82, 2.24) is 19.5 Å². The molecule has 0 saturated heterocycles. The van der Waals surface area contributed by atoms with Crippen LogP contribution in [0.3, 0.4) is 0 Å². The number of Topliss-reactive ketones (excluding diaryl/α,β-unsaturated/α-hetero) is 1. The van der Waals surface area contributed by atoms with Crippen LogP contribution >= 0.6 is 0 Å². The van der Waals surface area contributed by atoms with Crippen molar-refractivity contribution in [3.05, 3.63) is 118 Å². The molecular formula is C31H23FN4O3. The van der Waals surface area contributed by atoms with Crippen LogP contribution in [0.15, 0.2) is 90.2 Å². The molecule has 0 bridgehead atoms. The summed E-state index contributed by atoms with van der Waals surface area (Å²) in [5, 5.41) is 1.11. The molecule has 0 amide bonds. The third-order valence-electron chi connectivity index (χ3n) is 6.73. The van der Waals surface area contributed by atoms with Crippen molar-refractivity contribution in [3.8, 4) is 22.8 Å². The maximum Gasteiger partial charge on any atom is 0.232 e. The number of aryl methyl sites for hydroxylation is 2. The van der Waals surface area contributed by atoms with Gasteiger partial charge in [-0.2, -0.15) is 0 Å². The van der Waals surface area contributed by atoms with Crippen molar-refractivity contribution in [3.63, 3.8) is 0 Å². The number of aromatic amines is 1. The number of hydrogen-bond donors (Lipinski definition) is 1. The summed E-state index contributed by atoms with van der Waals surface area (Å²) in [5.74, 6) is -0.864. The summed E-state index contributed by atoms with van der Waals surface area (Å²) in [4.78, 5) is 37.8. The molecule has 0 aliphatic carbocycles. The number of rotatable bonds is 6. The molecule has 3 aromatic heterocycles. The zero-order valence-electron chi connectivity index (χ0n) is 21.2. The van der Waals surface area contributed by atoms with Gasteiger partial charge in [-0.1, -0.05) is 48.0 Å². The fourth-order valence-electron chi connectivity index (χ4n) is 4.78. The molecule has 1 N–H and O–H groups in total. The van der Waals surface area contributed by atoms with Crippen molar-refractivity contribution < 1.29 is 13.9 Å². The predicted octanol–water partition coefficient (Wildman–Crippen LogP) is 6.14. The molecule has 7 nitrogen and oxygen atoms in total. The second-order valence-corrected chi connectivity index (χ2v) is 9.44. The van der Waals surface area contributed by atoms with Gasteiger partial charge in [0.05, 0.1) is 16.5 Å². The smallest absolute Gasteiger partial charge is 0.232 e. The number of fused-ring (bicyclic) bond motifs is 2. The molecule has 0 spiro atoms. The van der Waals surface area contributed by atoms with Crippen LogP contribution in [0.1, 0.15) is 21.5 Å². The van der Waals surface area contributed by atoms with Crippen LogP contribution in [0.25, 0.3) is 33.1 Å². The lowest BCUT2D eigenvalue weighted by Crippen LogP contribution is -2.19. The number of halogens is 1. The Hall–Kier alpha value is -5.11. The highest BCUT2D eigenvalue weighted by molar-refractivity contribution is 6.00. The maximum absolute atomic E-state index is 15.2. The van der Waals surface area contributed by atoms with E-state index < -0.39 is 5.82 Å². The van der Waals surface area contributed by atoms with E-state index in [-0.39, 0.29) is 34.8 Å². The summed E-state index contributed by atoms with van der Waals surface area (Å²) < 4.78 is 22.8. The predicted molar refractivity (Wildman–Crippen MR) is 148 cm³/mol. The second-order valence-electron chi connectivity index (χ2n) is 9.44. The number of aromatic nitrogens is 4. The zero-order valence-corrected chi connectivity index (χ0v) is 21.2. The second kappa shape index (κ2) is 9.64. The minimum Gasteiger partial charge on any atom is -0.435 e. The first kappa shape index (κ1) is 24.2. The Morgan fingerprint density at radius 2 is 1.87 bits per heavy atom. The number of carbonyl (C=O) groups is 1. The molecule has 3 heterocycles. The van der Waals surface area contributed by atoms with Crippen molar-refractivity contribution in [1.29, 1.82) is 0 Å². The molecule has 3 aromatic carbocycles. The van der Waals surface area contributed by atoms with E-state index in [1.807, 2.05) is 55.6 Å². The third-order valence-corrected chi connectivity index (χ3v) is 6.73. The summed E-state index contributed by atoms with van der Waals surface area (Å²) in [6.07, 6.45) is 4.57. The highest BCUT2D eigenvalue weighted by Crippen LogP contribution is 2.35. The Balaban J connectivity index is 1.29. The number of hydrogen-bond acceptors (Lipinski definition) is 5. The van der Waals surface area contributed by atoms with Crippen molar-refractivity contribution >= 4 is 27.7 Å². The van der Waals surface area contributed by atoms with Gasteiger partial charge in [-0.15, -0.1) is 0 Å². The number of nitrogens with one attached hydrogen (secondary N) is 1. The normalized spacial score (nSPS) is 11.3. The molecular weight excluding hydrogens is 495 g/mol. The minimum absolute atomic E-state index is 0.0384. The van der Waals surface area contributed by atoms with Gasteiger partial charge in [0.25, 0.3) is 0 Å². The highest BCUT2D eigenvalue weighted by atomic mass is 19.1. The lowest BCUT2D eigenvalue weighted by atomic mass is 10.0. The molecule has 6 aromatic rings. The summed E-state index contributed by atoms with van der Waals surface area (Å²) in [6.45, 7) is 1.89. The minimum atomic E-state index is -0.647. The fourth-order valence-corrected chi connectivity index (χ4v) is 4.78. The van der Waals surface area contributed by atoms with Gasteiger partial charge >= 0.3 is 0 Å². The van der Waals surface area contributed by atoms with Gasteiger partial charge < -0.3 is 14.3 Å². The lowest BCUT2D eigenvalue weighted by molar-refractivity contribution is 0.0991. The molecule has 0 atom stereocenters. The fraction of sp³-hybridized carbons (Fsp3) is 0.0968. The van der Waals surface area contributed by atoms with Gasteiger partial charge in [-0.25, -0.2) is 14.4 Å². The number of H-pyrrole nitrogens is 1. The van der Waals surface area contributed by atoms with Crippen LogP contribution in [0.4, 0.5) is 4.39 Å². The number of pyridine rings is 1. The Morgan fingerprint density at radius 3 is 2.67 bits per heavy atom. The number of ketones is 1. The van der Waals surface area contributed by atoms with Gasteiger partial charge in [0.1, 0.15) is 12.0 Å². The highest BCUT2D eigenvalue weighted by Gasteiger charge is 2.18. The average molecular weight is 519 g/mol. The van der Waals surface area contributed by atoms with Gasteiger partial charge in [-0.05, 0) is 42.3 Å². The van der Waals surface area contributed by atoms with E-state index in [4.69, 9.17) is 4.74 Å². The number of ether oxygens (including phenoxy) is 1. The van der Waals surface area contributed by atoms with E-state index in [1.165, 1.54) is 24.7 Å². The van der Waals surface area contributed by atoms with Crippen LogP contribution in [0, 0.1) is 12.7 Å². The van der Waals surface area contributed by atoms with Crippen molar-refractivity contribution in [2.75, 3.05) is 0 Å². The SMILES string of the molecule is Cc1ccc2c(c1)c(=O)c(C(=O)Cc1ccc(Oc3ncnc4[nH]cc(-c5ccccc5)c34)c(F)c1)cn2C. The Labute approximate surface area is 222 Å². The first-order valence-corrected chi connectivity index (χ1v) is 12.4. The summed E-state index contributed by atoms with van der Waals surface area (Å²) in [7, 11) is 1.79. The molecule has 0 saturated carbocycles. The van der Waals surface area contributed by atoms with E-state index >= 15 is 4.39 Å². The topological polar surface area (TPSA) is 89.9 Å². The van der Waals surface area contributed by atoms with Gasteiger partial charge in [0.2, 0.25) is 5.88 Å². The molecule has 192 valence electrons. The molecule has 0 radical (unpaired) electrons. The molecule has 0 aliphatic rings. The summed E-state index contributed by atoms with van der Waals surface area (Å²) in [5.41, 5.74) is 4.17. The Bertz CT molecular complexity index is 1940. The first-order chi connectivity index (χ1) is 18.9. The monoisotopic (exact) mass is 518 g/mol. The zero-order chi connectivity index (χ0) is 27.1. The van der Waals surface area contributed by atoms with Crippen LogP contribution in [0.5, 0.6) is 11.6 Å². The molecule has 8 heteroatoms. The van der Waals surface area contributed by atoms with Crippen LogP contribution in [-0.2, 0) is 13.5 Å². The Kier molecular flexibility index (Phi) is 5.99. The van der Waals surface area contributed by atoms with E-state index in [2.05, 4.69) is 15.0 Å². The summed E-state index contributed by atoms with van der Waals surface area (Å²) >= 11 is 0. The van der Waals surface area contributed by atoms with Crippen LogP contribution < -0.4 is 10.2 Å². The quantitative estimate of drug-likeness (QED) is 0.268. The molecule has 0 aliphatic heterocycles. The average Bonchev–Trinajstić information content (AvgIpc) is 3.38. The van der Waals surface area contributed by atoms with Crippen molar-refractivity contribution in [2.45, 2.75) is 13.3 Å². The van der Waals surface area contributed by atoms with Gasteiger partial charge in [-0.3, -0.25) is 9.59 Å². The van der Waals surface area contributed by atoms with Gasteiger partial charge in [0.15, 0.2) is 22.8 Å². The summed E-state index contributed by atoms with van der Waals surface area (Å²) in [6, 6.07) is 19.5. The number of nitrogens with zero attached hydrogens (tertiary/aromatic N) is 3. The van der Waals surface area contributed by atoms with Crippen LogP contribution in [-0.4, -0.2) is 25.3 Å².